The van der Waals surface area contributed by atoms with Crippen LogP contribution in [0.4, 0.5) is 0 Å². The summed E-state index contributed by atoms with van der Waals surface area (Å²) in [6.45, 7) is 5.04. The highest BCUT2D eigenvalue weighted by molar-refractivity contribution is 6.46. The van der Waals surface area contributed by atoms with Gasteiger partial charge >= 0.3 is 0 Å². The molecular formula is C23H28N2O4. The third kappa shape index (κ3) is 4.27. The first-order valence-corrected chi connectivity index (χ1v) is 9.92. The lowest BCUT2D eigenvalue weighted by Crippen LogP contribution is -2.32. The van der Waals surface area contributed by atoms with Gasteiger partial charge < -0.3 is 19.3 Å². The third-order valence-corrected chi connectivity index (χ3v) is 5.21. The summed E-state index contributed by atoms with van der Waals surface area (Å²) in [5.41, 5.74) is 1.73. The van der Waals surface area contributed by atoms with E-state index in [1.165, 1.54) is 4.90 Å². The van der Waals surface area contributed by atoms with Gasteiger partial charge in [-0.2, -0.15) is 0 Å². The maximum Gasteiger partial charge on any atom is 0.295 e. The van der Waals surface area contributed by atoms with E-state index in [0.717, 1.165) is 18.5 Å². The molecule has 154 valence electrons. The van der Waals surface area contributed by atoms with Gasteiger partial charge in [0.1, 0.15) is 23.3 Å². The lowest BCUT2D eigenvalue weighted by atomic mass is 9.98. The number of nitrogens with zero attached hydrogens (tertiary/aromatic N) is 2. The Morgan fingerprint density at radius 3 is 2.38 bits per heavy atom. The lowest BCUT2D eigenvalue weighted by molar-refractivity contribution is -0.140. The molecule has 0 aliphatic carbocycles. The first-order chi connectivity index (χ1) is 13.8. The van der Waals surface area contributed by atoms with E-state index in [1.807, 2.05) is 45.0 Å². The minimum atomic E-state index is -0.725. The summed E-state index contributed by atoms with van der Waals surface area (Å²) in [5.74, 6) is -0.273. The fourth-order valence-electron chi connectivity index (χ4n) is 3.62. The van der Waals surface area contributed by atoms with Crippen molar-refractivity contribution in [3.8, 4) is 0 Å². The standard InChI is InChI=1S/C23H28N2O4/c1-5-16-8-10-17(11-9-16)21(26)19-20(18-12-7-15(2)29-18)25(23(28)22(19)27)14-6-13-24(3)4/h7-12,20,26H,5-6,13-14H2,1-4H3/b21-19-. The molecule has 0 spiro atoms. The quantitative estimate of drug-likeness (QED) is 0.440. The minimum Gasteiger partial charge on any atom is -0.507 e. The van der Waals surface area contributed by atoms with Crippen molar-refractivity contribution in [3.63, 3.8) is 0 Å². The summed E-state index contributed by atoms with van der Waals surface area (Å²) in [6, 6.07) is 10.2. The van der Waals surface area contributed by atoms with Crippen molar-refractivity contribution < 1.29 is 19.1 Å². The zero-order chi connectivity index (χ0) is 21.1. The van der Waals surface area contributed by atoms with Crippen molar-refractivity contribution in [3.05, 3.63) is 64.6 Å². The Bertz CT molecular complexity index is 925. The summed E-state index contributed by atoms with van der Waals surface area (Å²) in [5, 5.41) is 11.0. The summed E-state index contributed by atoms with van der Waals surface area (Å²) in [7, 11) is 3.92. The molecule has 1 aliphatic heterocycles. The highest BCUT2D eigenvalue weighted by Gasteiger charge is 2.47. The van der Waals surface area contributed by atoms with Crippen molar-refractivity contribution >= 4 is 17.4 Å². The van der Waals surface area contributed by atoms with Gasteiger partial charge in [-0.1, -0.05) is 31.2 Å². The molecule has 0 bridgehead atoms. The number of carbonyl (C=O) groups is 2. The number of hydrogen-bond acceptors (Lipinski definition) is 5. The fraction of sp³-hybridized carbons (Fsp3) is 0.391. The Morgan fingerprint density at radius 2 is 1.83 bits per heavy atom. The van der Waals surface area contributed by atoms with E-state index in [2.05, 4.69) is 0 Å². The number of carbonyl (C=O) groups excluding carboxylic acids is 2. The van der Waals surface area contributed by atoms with Crippen LogP contribution in [0.2, 0.25) is 0 Å². The highest BCUT2D eigenvalue weighted by Crippen LogP contribution is 2.40. The predicted molar refractivity (Wildman–Crippen MR) is 111 cm³/mol. The van der Waals surface area contributed by atoms with Gasteiger partial charge in [0.25, 0.3) is 11.7 Å². The van der Waals surface area contributed by atoms with Crippen molar-refractivity contribution in [2.75, 3.05) is 27.2 Å². The first kappa shape index (κ1) is 20.9. The summed E-state index contributed by atoms with van der Waals surface area (Å²) in [4.78, 5) is 29.2. The van der Waals surface area contributed by atoms with Crippen LogP contribution in [0.3, 0.4) is 0 Å². The topological polar surface area (TPSA) is 74.0 Å². The molecule has 0 radical (unpaired) electrons. The van der Waals surface area contributed by atoms with Crippen LogP contribution in [-0.4, -0.2) is 53.8 Å². The van der Waals surface area contributed by atoms with Crippen LogP contribution in [0.1, 0.15) is 42.0 Å². The Hall–Kier alpha value is -2.86. The number of furan rings is 1. The molecule has 1 N–H and O–H groups in total. The van der Waals surface area contributed by atoms with Crippen LogP contribution in [0.25, 0.3) is 5.76 Å². The molecule has 1 saturated heterocycles. The van der Waals surface area contributed by atoms with Crippen molar-refractivity contribution in [1.29, 1.82) is 0 Å². The SMILES string of the molecule is CCc1ccc(/C(O)=C2/C(=O)C(=O)N(CCCN(C)C)C2c2ccc(C)o2)cc1. The van der Waals surface area contributed by atoms with Crippen LogP contribution in [-0.2, 0) is 16.0 Å². The molecule has 1 amide bonds. The Balaban J connectivity index is 2.04. The molecule has 1 aromatic carbocycles. The number of aliphatic hydroxyl groups is 1. The van der Waals surface area contributed by atoms with Gasteiger partial charge in [0, 0.05) is 12.1 Å². The van der Waals surface area contributed by atoms with Crippen LogP contribution in [0, 0.1) is 6.92 Å². The summed E-state index contributed by atoms with van der Waals surface area (Å²) in [6.07, 6.45) is 1.59. The maximum atomic E-state index is 12.9. The smallest absolute Gasteiger partial charge is 0.295 e. The maximum absolute atomic E-state index is 12.9. The molecule has 2 aromatic rings. The fourth-order valence-corrected chi connectivity index (χ4v) is 3.62. The molecule has 1 aromatic heterocycles. The Labute approximate surface area is 171 Å². The van der Waals surface area contributed by atoms with Gasteiger partial charge in [0.2, 0.25) is 0 Å². The number of aliphatic hydroxyl groups excluding tert-OH is 1. The predicted octanol–water partition coefficient (Wildman–Crippen LogP) is 3.52. The van der Waals surface area contributed by atoms with Crippen LogP contribution in [0.15, 0.2) is 46.4 Å². The largest absolute Gasteiger partial charge is 0.507 e. The van der Waals surface area contributed by atoms with E-state index in [9.17, 15) is 14.7 Å². The molecule has 0 saturated carbocycles. The van der Waals surface area contributed by atoms with Crippen molar-refractivity contribution in [2.45, 2.75) is 32.7 Å². The molecular weight excluding hydrogens is 368 g/mol. The van der Waals surface area contributed by atoms with E-state index in [0.29, 0.717) is 30.0 Å². The molecule has 2 heterocycles. The number of benzene rings is 1. The van der Waals surface area contributed by atoms with Crippen LogP contribution >= 0.6 is 0 Å². The molecule has 1 unspecified atom stereocenters. The molecule has 3 rings (SSSR count). The second-order valence-electron chi connectivity index (χ2n) is 7.65. The Kier molecular flexibility index (Phi) is 6.23. The van der Waals surface area contributed by atoms with Crippen LogP contribution in [0.5, 0.6) is 0 Å². The van der Waals surface area contributed by atoms with Gasteiger partial charge in [0.05, 0.1) is 5.57 Å². The van der Waals surface area contributed by atoms with E-state index in [4.69, 9.17) is 4.42 Å². The van der Waals surface area contributed by atoms with Crippen molar-refractivity contribution in [2.24, 2.45) is 0 Å². The summed E-state index contributed by atoms with van der Waals surface area (Å²) < 4.78 is 5.77. The number of ketones is 1. The van der Waals surface area contributed by atoms with E-state index < -0.39 is 17.7 Å². The molecule has 6 heteroatoms. The second-order valence-corrected chi connectivity index (χ2v) is 7.65. The Morgan fingerprint density at radius 1 is 1.14 bits per heavy atom. The number of hydrogen-bond donors (Lipinski definition) is 1. The van der Waals surface area contributed by atoms with E-state index in [-0.39, 0.29) is 11.3 Å². The van der Waals surface area contributed by atoms with Crippen LogP contribution < -0.4 is 0 Å². The number of aryl methyl sites for hydroxylation is 2. The van der Waals surface area contributed by atoms with E-state index >= 15 is 0 Å². The normalized spacial score (nSPS) is 18.8. The minimum absolute atomic E-state index is 0.0819. The zero-order valence-electron chi connectivity index (χ0n) is 17.4. The highest BCUT2D eigenvalue weighted by atomic mass is 16.3. The monoisotopic (exact) mass is 396 g/mol. The molecule has 29 heavy (non-hydrogen) atoms. The molecule has 1 aliphatic rings. The van der Waals surface area contributed by atoms with Crippen molar-refractivity contribution in [1.82, 2.24) is 9.80 Å². The average Bonchev–Trinajstić information content (AvgIpc) is 3.23. The van der Waals surface area contributed by atoms with Gasteiger partial charge in [-0.05, 0) is 58.1 Å². The average molecular weight is 396 g/mol. The van der Waals surface area contributed by atoms with Gasteiger partial charge in [-0.3, -0.25) is 9.59 Å². The number of rotatable bonds is 7. The molecule has 1 atom stereocenters. The van der Waals surface area contributed by atoms with Gasteiger partial charge in [-0.15, -0.1) is 0 Å². The second kappa shape index (κ2) is 8.66. The zero-order valence-corrected chi connectivity index (χ0v) is 17.4. The van der Waals surface area contributed by atoms with Gasteiger partial charge in [-0.25, -0.2) is 0 Å². The number of Topliss-reactive ketones (excluding diaryl/α,β-unsaturated/α-hetero) is 1. The van der Waals surface area contributed by atoms with E-state index in [1.54, 1.807) is 24.3 Å². The number of amides is 1. The summed E-state index contributed by atoms with van der Waals surface area (Å²) >= 11 is 0. The van der Waals surface area contributed by atoms with Gasteiger partial charge in [0.15, 0.2) is 0 Å². The first-order valence-electron chi connectivity index (χ1n) is 9.92. The number of likely N-dealkylation sites (tertiary alicyclic amines) is 1. The molecule has 6 nitrogen and oxygen atoms in total. The third-order valence-electron chi connectivity index (χ3n) is 5.21. The lowest BCUT2D eigenvalue weighted by Gasteiger charge is -2.24. The molecule has 1 fully saturated rings.